The zero-order valence-electron chi connectivity index (χ0n) is 12.2. The molecule has 1 aliphatic carbocycles. The maximum atomic E-state index is 5.24. The predicted octanol–water partition coefficient (Wildman–Crippen LogP) is 1.22. The highest BCUT2D eigenvalue weighted by Gasteiger charge is 2.29. The van der Waals surface area contributed by atoms with Crippen molar-refractivity contribution in [3.8, 4) is 0 Å². The zero-order chi connectivity index (χ0) is 14.7. The van der Waals surface area contributed by atoms with Gasteiger partial charge in [-0.05, 0) is 23.3 Å². The van der Waals surface area contributed by atoms with Crippen LogP contribution in [-0.2, 0) is 12.3 Å². The van der Waals surface area contributed by atoms with Crippen LogP contribution in [0.5, 0.6) is 0 Å². The van der Waals surface area contributed by atoms with Crippen LogP contribution < -0.4 is 5.32 Å². The Balaban J connectivity index is 1.51. The molecular weight excluding hydrogens is 290 g/mol. The first-order valence-electron chi connectivity index (χ1n) is 7.17. The van der Waals surface area contributed by atoms with E-state index in [-0.39, 0.29) is 0 Å². The van der Waals surface area contributed by atoms with Crippen LogP contribution in [0.4, 0.5) is 0 Å². The van der Waals surface area contributed by atoms with Crippen LogP contribution in [0.15, 0.2) is 9.68 Å². The Morgan fingerprint density at radius 2 is 2.29 bits per heavy atom. The average Bonchev–Trinajstić information content (AvgIpc) is 3.03. The van der Waals surface area contributed by atoms with Crippen molar-refractivity contribution < 1.29 is 4.52 Å². The minimum Gasteiger partial charge on any atom is -0.339 e. The van der Waals surface area contributed by atoms with E-state index in [1.54, 1.807) is 4.68 Å². The lowest BCUT2D eigenvalue weighted by Gasteiger charge is -2.08. The van der Waals surface area contributed by atoms with Crippen molar-refractivity contribution in [3.05, 3.63) is 11.7 Å². The van der Waals surface area contributed by atoms with Gasteiger partial charge in [0.2, 0.25) is 11.0 Å². The molecular formula is C12H19N7OS. The molecule has 0 amide bonds. The first-order valence-corrected chi connectivity index (χ1v) is 8.16. The van der Waals surface area contributed by atoms with Crippen LogP contribution in [0.1, 0.15) is 44.3 Å². The fraction of sp³-hybridized carbons (Fsp3) is 0.750. The van der Waals surface area contributed by atoms with Crippen molar-refractivity contribution in [2.24, 2.45) is 0 Å². The van der Waals surface area contributed by atoms with Crippen molar-refractivity contribution in [3.63, 3.8) is 0 Å². The molecule has 1 saturated carbocycles. The summed E-state index contributed by atoms with van der Waals surface area (Å²) in [6.07, 6.45) is 2.33. The number of hydrogen-bond acceptors (Lipinski definition) is 8. The lowest BCUT2D eigenvalue weighted by Crippen LogP contribution is -2.27. The van der Waals surface area contributed by atoms with Gasteiger partial charge in [-0.2, -0.15) is 4.98 Å². The van der Waals surface area contributed by atoms with E-state index in [4.69, 9.17) is 4.52 Å². The van der Waals surface area contributed by atoms with Gasteiger partial charge in [-0.25, -0.2) is 4.68 Å². The van der Waals surface area contributed by atoms with Crippen LogP contribution >= 0.6 is 11.8 Å². The van der Waals surface area contributed by atoms with Crippen LogP contribution in [-0.4, -0.2) is 42.9 Å². The van der Waals surface area contributed by atoms with Gasteiger partial charge in [0.15, 0.2) is 5.82 Å². The SMILES string of the molecule is CC(C)NCCn1nnnc1SCc1noc(C2CC2)n1. The highest BCUT2D eigenvalue weighted by molar-refractivity contribution is 7.98. The molecule has 0 spiro atoms. The summed E-state index contributed by atoms with van der Waals surface area (Å²) in [5, 5.41) is 19.9. The molecule has 0 atom stereocenters. The number of tetrazole rings is 1. The van der Waals surface area contributed by atoms with Gasteiger partial charge < -0.3 is 9.84 Å². The summed E-state index contributed by atoms with van der Waals surface area (Å²) in [4.78, 5) is 4.40. The van der Waals surface area contributed by atoms with Crippen LogP contribution in [0.2, 0.25) is 0 Å². The van der Waals surface area contributed by atoms with Crippen molar-refractivity contribution >= 4 is 11.8 Å². The average molecular weight is 309 g/mol. The molecule has 0 radical (unpaired) electrons. The second-order valence-electron chi connectivity index (χ2n) is 5.41. The summed E-state index contributed by atoms with van der Waals surface area (Å²) in [5.41, 5.74) is 0. The molecule has 8 nitrogen and oxygen atoms in total. The first kappa shape index (κ1) is 14.5. The molecule has 0 saturated heterocycles. The van der Waals surface area contributed by atoms with Crippen molar-refractivity contribution in [2.75, 3.05) is 6.54 Å². The summed E-state index contributed by atoms with van der Waals surface area (Å²) in [6.45, 7) is 5.81. The van der Waals surface area contributed by atoms with E-state index in [0.29, 0.717) is 23.5 Å². The monoisotopic (exact) mass is 309 g/mol. The van der Waals surface area contributed by atoms with E-state index in [1.165, 1.54) is 11.8 Å². The van der Waals surface area contributed by atoms with E-state index in [9.17, 15) is 0 Å². The number of nitrogens with one attached hydrogen (secondary N) is 1. The largest absolute Gasteiger partial charge is 0.339 e. The van der Waals surface area contributed by atoms with Crippen LogP contribution in [0.3, 0.4) is 0 Å². The Morgan fingerprint density at radius 3 is 3.05 bits per heavy atom. The molecule has 9 heteroatoms. The molecule has 1 fully saturated rings. The standard InChI is InChI=1S/C12H19N7OS/c1-8(2)13-5-6-19-12(15-17-18-19)21-7-10-14-11(20-16-10)9-3-4-9/h8-9,13H,3-7H2,1-2H3. The summed E-state index contributed by atoms with van der Waals surface area (Å²) < 4.78 is 7.03. The molecule has 0 unspecified atom stereocenters. The van der Waals surface area contributed by atoms with Gasteiger partial charge in [-0.3, -0.25) is 0 Å². The predicted molar refractivity (Wildman–Crippen MR) is 76.8 cm³/mol. The summed E-state index contributed by atoms with van der Waals surface area (Å²) >= 11 is 1.53. The lowest BCUT2D eigenvalue weighted by atomic mass is 10.4. The van der Waals surface area contributed by atoms with Gasteiger partial charge in [-0.15, -0.1) is 5.10 Å². The third-order valence-corrected chi connectivity index (χ3v) is 4.07. The van der Waals surface area contributed by atoms with Crippen LogP contribution in [0.25, 0.3) is 0 Å². The number of thioether (sulfide) groups is 1. The van der Waals surface area contributed by atoms with E-state index >= 15 is 0 Å². The summed E-state index contributed by atoms with van der Waals surface area (Å²) in [7, 11) is 0. The minimum absolute atomic E-state index is 0.456. The molecule has 0 aromatic carbocycles. The Morgan fingerprint density at radius 1 is 1.43 bits per heavy atom. The minimum atomic E-state index is 0.456. The molecule has 3 rings (SSSR count). The Labute approximate surface area is 127 Å². The highest BCUT2D eigenvalue weighted by atomic mass is 32.2. The second kappa shape index (κ2) is 6.52. The van der Waals surface area contributed by atoms with Gasteiger partial charge in [0.25, 0.3) is 0 Å². The van der Waals surface area contributed by atoms with E-state index in [2.05, 4.69) is 44.8 Å². The van der Waals surface area contributed by atoms with Crippen LogP contribution in [0, 0.1) is 0 Å². The molecule has 1 N–H and O–H groups in total. The van der Waals surface area contributed by atoms with Gasteiger partial charge >= 0.3 is 0 Å². The number of hydrogen-bond donors (Lipinski definition) is 1. The van der Waals surface area contributed by atoms with Gasteiger partial charge in [0, 0.05) is 18.5 Å². The van der Waals surface area contributed by atoms with E-state index < -0.39 is 0 Å². The molecule has 0 bridgehead atoms. The fourth-order valence-electron chi connectivity index (χ4n) is 1.85. The van der Waals surface area contributed by atoms with Crippen molar-refractivity contribution in [2.45, 2.75) is 56.1 Å². The van der Waals surface area contributed by atoms with Crippen molar-refractivity contribution in [1.29, 1.82) is 0 Å². The zero-order valence-corrected chi connectivity index (χ0v) is 13.0. The van der Waals surface area contributed by atoms with Gasteiger partial charge in [0.05, 0.1) is 12.3 Å². The summed E-state index contributed by atoms with van der Waals surface area (Å²) in [5.74, 6) is 2.58. The number of rotatable bonds is 8. The van der Waals surface area contributed by atoms with Gasteiger partial charge in [0.1, 0.15) is 0 Å². The normalized spacial score (nSPS) is 15.0. The fourth-order valence-corrected chi connectivity index (χ4v) is 2.60. The number of aromatic nitrogens is 6. The Hall–Kier alpha value is -1.48. The summed E-state index contributed by atoms with van der Waals surface area (Å²) in [6, 6.07) is 0.456. The molecule has 2 aromatic rings. The Bertz CT molecular complexity index is 578. The van der Waals surface area contributed by atoms with E-state index in [1.807, 2.05) is 0 Å². The van der Waals surface area contributed by atoms with Crippen molar-refractivity contribution in [1.82, 2.24) is 35.7 Å². The maximum absolute atomic E-state index is 5.24. The Kier molecular flexibility index (Phi) is 4.49. The molecule has 0 aliphatic heterocycles. The highest BCUT2D eigenvalue weighted by Crippen LogP contribution is 2.39. The molecule has 114 valence electrons. The third-order valence-electron chi connectivity index (χ3n) is 3.12. The first-order chi connectivity index (χ1) is 10.2. The quantitative estimate of drug-likeness (QED) is 0.727. The molecule has 2 heterocycles. The third kappa shape index (κ3) is 4.01. The van der Waals surface area contributed by atoms with Gasteiger partial charge in [-0.1, -0.05) is 30.8 Å². The second-order valence-corrected chi connectivity index (χ2v) is 6.35. The molecule has 1 aliphatic rings. The maximum Gasteiger partial charge on any atom is 0.229 e. The van der Waals surface area contributed by atoms with E-state index in [0.717, 1.165) is 37.0 Å². The lowest BCUT2D eigenvalue weighted by molar-refractivity contribution is 0.375. The molecule has 2 aromatic heterocycles. The smallest absolute Gasteiger partial charge is 0.229 e. The topological polar surface area (TPSA) is 94.6 Å². The molecule has 21 heavy (non-hydrogen) atoms. The number of nitrogens with zero attached hydrogens (tertiary/aromatic N) is 6.